The lowest BCUT2D eigenvalue weighted by Crippen LogP contribution is -2.36. The van der Waals surface area contributed by atoms with Crippen LogP contribution >= 0.6 is 11.3 Å². The van der Waals surface area contributed by atoms with E-state index in [1.807, 2.05) is 11.4 Å². The number of H-pyrrole nitrogens is 1. The van der Waals surface area contributed by atoms with E-state index in [1.165, 1.54) is 11.3 Å². The summed E-state index contributed by atoms with van der Waals surface area (Å²) in [5.41, 5.74) is 0.927. The normalized spacial score (nSPS) is 15.2. The van der Waals surface area contributed by atoms with Gasteiger partial charge in [-0.2, -0.15) is 4.98 Å². The van der Waals surface area contributed by atoms with Gasteiger partial charge in [-0.25, -0.2) is 13.8 Å². The summed E-state index contributed by atoms with van der Waals surface area (Å²) >= 11 is 1.54. The number of morpholine rings is 1. The summed E-state index contributed by atoms with van der Waals surface area (Å²) < 4.78 is 33.4. The number of fused-ring (bicyclic) bond motifs is 2. The van der Waals surface area contributed by atoms with Crippen molar-refractivity contribution in [2.45, 2.75) is 0 Å². The summed E-state index contributed by atoms with van der Waals surface area (Å²) in [6.45, 7) is 2.63. The van der Waals surface area contributed by atoms with E-state index in [2.05, 4.69) is 30.1 Å². The number of nitrogens with zero attached hydrogens (tertiary/aromatic N) is 5. The van der Waals surface area contributed by atoms with E-state index in [9.17, 15) is 13.9 Å². The molecule has 0 unspecified atom stereocenters. The lowest BCUT2D eigenvalue weighted by Gasteiger charge is -2.28. The standard InChI is InChI=1S/C18H14F2N6O2S/c19-10-7-9-13(8-11(10)20)21-17(27)14(9)24-25-18-22-12-1-6-29-15(12)16(23-18)26-2-4-28-5-3-26/h1,6-8,21,27H,2-5H2. The zero-order valence-electron chi connectivity index (χ0n) is 14.9. The number of rotatable bonds is 3. The van der Waals surface area contributed by atoms with Crippen molar-refractivity contribution in [3.05, 3.63) is 35.2 Å². The van der Waals surface area contributed by atoms with Crippen LogP contribution in [-0.2, 0) is 4.74 Å². The summed E-state index contributed by atoms with van der Waals surface area (Å²) in [6, 6.07) is 3.77. The van der Waals surface area contributed by atoms with Crippen LogP contribution in [0.5, 0.6) is 5.88 Å². The Bertz CT molecular complexity index is 1250. The van der Waals surface area contributed by atoms with Crippen molar-refractivity contribution in [1.82, 2.24) is 15.0 Å². The summed E-state index contributed by atoms with van der Waals surface area (Å²) in [6.07, 6.45) is 0. The van der Waals surface area contributed by atoms with Crippen molar-refractivity contribution in [2.75, 3.05) is 31.2 Å². The first-order chi connectivity index (χ1) is 14.1. The first-order valence-electron chi connectivity index (χ1n) is 8.79. The Kier molecular flexibility index (Phi) is 4.32. The molecular formula is C18H14F2N6O2S. The molecule has 8 nitrogen and oxygen atoms in total. The molecule has 0 atom stereocenters. The number of aromatic nitrogens is 3. The van der Waals surface area contributed by atoms with Gasteiger partial charge in [0, 0.05) is 24.5 Å². The number of azo groups is 1. The second kappa shape index (κ2) is 7.01. The Morgan fingerprint density at radius 3 is 2.76 bits per heavy atom. The highest BCUT2D eigenvalue weighted by molar-refractivity contribution is 7.17. The van der Waals surface area contributed by atoms with E-state index >= 15 is 0 Å². The molecule has 148 valence electrons. The largest absolute Gasteiger partial charge is 0.493 e. The van der Waals surface area contributed by atoms with E-state index in [0.29, 0.717) is 26.3 Å². The topological polar surface area (TPSA) is 99.0 Å². The zero-order chi connectivity index (χ0) is 20.0. The molecule has 4 heterocycles. The van der Waals surface area contributed by atoms with E-state index in [4.69, 9.17) is 4.74 Å². The number of hydrogen-bond acceptors (Lipinski definition) is 8. The Hall–Kier alpha value is -3.18. The van der Waals surface area contributed by atoms with Gasteiger partial charge in [0.1, 0.15) is 0 Å². The van der Waals surface area contributed by atoms with Crippen LogP contribution in [0.15, 0.2) is 33.8 Å². The third kappa shape index (κ3) is 3.17. The lowest BCUT2D eigenvalue weighted by atomic mass is 10.2. The van der Waals surface area contributed by atoms with Gasteiger partial charge in [-0.1, -0.05) is 0 Å². The first-order valence-corrected chi connectivity index (χ1v) is 9.67. The van der Waals surface area contributed by atoms with Crippen LogP contribution in [0.25, 0.3) is 21.1 Å². The molecule has 2 N–H and O–H groups in total. The molecule has 0 radical (unpaired) electrons. The highest BCUT2D eigenvalue weighted by Crippen LogP contribution is 2.37. The van der Waals surface area contributed by atoms with Gasteiger partial charge in [0.2, 0.25) is 5.88 Å². The number of nitrogens with one attached hydrogen (secondary N) is 1. The Morgan fingerprint density at radius 1 is 1.14 bits per heavy atom. The average molecular weight is 416 g/mol. The van der Waals surface area contributed by atoms with Crippen LogP contribution in [0.3, 0.4) is 0 Å². The molecule has 4 aromatic rings. The van der Waals surface area contributed by atoms with Crippen LogP contribution in [0.4, 0.5) is 26.2 Å². The maximum Gasteiger partial charge on any atom is 0.271 e. The van der Waals surface area contributed by atoms with E-state index in [1.54, 1.807) is 0 Å². The minimum atomic E-state index is -1.04. The summed E-state index contributed by atoms with van der Waals surface area (Å²) in [7, 11) is 0. The fourth-order valence-corrected chi connectivity index (χ4v) is 4.07. The molecule has 0 aliphatic carbocycles. The molecule has 1 aliphatic rings. The predicted octanol–water partition coefficient (Wildman–Crippen LogP) is 4.41. The smallest absolute Gasteiger partial charge is 0.271 e. The SMILES string of the molecule is Oc1[nH]c2cc(F)c(F)cc2c1N=Nc1nc(N2CCOCC2)c2sccc2n1. The third-order valence-electron chi connectivity index (χ3n) is 4.62. The number of ether oxygens (including phenoxy) is 1. The molecular weight excluding hydrogens is 402 g/mol. The van der Waals surface area contributed by atoms with Crippen molar-refractivity contribution in [1.29, 1.82) is 0 Å². The molecule has 1 fully saturated rings. The van der Waals surface area contributed by atoms with Gasteiger partial charge >= 0.3 is 0 Å². The number of anilines is 1. The van der Waals surface area contributed by atoms with Crippen LogP contribution in [0.1, 0.15) is 0 Å². The fourth-order valence-electron chi connectivity index (χ4n) is 3.23. The van der Waals surface area contributed by atoms with Gasteiger partial charge in [-0.15, -0.1) is 21.6 Å². The van der Waals surface area contributed by atoms with Gasteiger partial charge in [0.25, 0.3) is 5.95 Å². The van der Waals surface area contributed by atoms with Gasteiger partial charge < -0.3 is 19.7 Å². The molecule has 1 aromatic carbocycles. The highest BCUT2D eigenvalue weighted by Gasteiger charge is 2.19. The van der Waals surface area contributed by atoms with Crippen LogP contribution in [0.2, 0.25) is 0 Å². The predicted molar refractivity (Wildman–Crippen MR) is 105 cm³/mol. The van der Waals surface area contributed by atoms with E-state index in [-0.39, 0.29) is 28.4 Å². The minimum Gasteiger partial charge on any atom is -0.493 e. The zero-order valence-corrected chi connectivity index (χ0v) is 15.7. The summed E-state index contributed by atoms with van der Waals surface area (Å²) in [5, 5.41) is 20.3. The first kappa shape index (κ1) is 17.9. The molecule has 1 aliphatic heterocycles. The maximum absolute atomic E-state index is 13.6. The number of aromatic hydroxyl groups is 1. The number of aromatic amines is 1. The highest BCUT2D eigenvalue weighted by atomic mass is 32.1. The Morgan fingerprint density at radius 2 is 1.93 bits per heavy atom. The Labute approximate surface area is 166 Å². The van der Waals surface area contributed by atoms with Crippen LogP contribution in [-0.4, -0.2) is 46.4 Å². The lowest BCUT2D eigenvalue weighted by molar-refractivity contribution is 0.122. The minimum absolute atomic E-state index is 0.0131. The molecule has 29 heavy (non-hydrogen) atoms. The number of benzene rings is 1. The molecule has 0 amide bonds. The monoisotopic (exact) mass is 416 g/mol. The molecule has 0 spiro atoms. The van der Waals surface area contributed by atoms with Gasteiger partial charge in [-0.3, -0.25) is 0 Å². The van der Waals surface area contributed by atoms with E-state index < -0.39 is 11.6 Å². The third-order valence-corrected chi connectivity index (χ3v) is 5.52. The molecule has 11 heteroatoms. The Balaban J connectivity index is 1.57. The second-order valence-electron chi connectivity index (χ2n) is 6.42. The molecule has 1 saturated heterocycles. The second-order valence-corrected chi connectivity index (χ2v) is 7.33. The summed E-state index contributed by atoms with van der Waals surface area (Å²) in [5.74, 6) is -1.56. The van der Waals surface area contributed by atoms with Crippen molar-refractivity contribution in [3.8, 4) is 5.88 Å². The van der Waals surface area contributed by atoms with Crippen LogP contribution < -0.4 is 4.90 Å². The molecule has 0 saturated carbocycles. The maximum atomic E-state index is 13.6. The molecule has 5 rings (SSSR count). The van der Waals surface area contributed by atoms with Crippen molar-refractivity contribution in [2.24, 2.45) is 10.2 Å². The van der Waals surface area contributed by atoms with Crippen molar-refractivity contribution in [3.63, 3.8) is 0 Å². The molecule has 0 bridgehead atoms. The number of hydrogen-bond donors (Lipinski definition) is 2. The van der Waals surface area contributed by atoms with E-state index in [0.717, 1.165) is 28.2 Å². The van der Waals surface area contributed by atoms with Crippen LogP contribution in [0, 0.1) is 11.6 Å². The number of thiophene rings is 1. The van der Waals surface area contributed by atoms with Gasteiger partial charge in [0.05, 0.1) is 28.9 Å². The van der Waals surface area contributed by atoms with Crippen molar-refractivity contribution >= 4 is 49.9 Å². The van der Waals surface area contributed by atoms with Gasteiger partial charge in [0.15, 0.2) is 23.1 Å². The average Bonchev–Trinajstić information content (AvgIpc) is 3.31. The van der Waals surface area contributed by atoms with Gasteiger partial charge in [-0.05, 0) is 17.5 Å². The quantitative estimate of drug-likeness (QED) is 0.482. The van der Waals surface area contributed by atoms with Crippen molar-refractivity contribution < 1.29 is 18.6 Å². The molecule has 3 aromatic heterocycles. The number of halogens is 2. The fraction of sp³-hybridized carbons (Fsp3) is 0.222. The summed E-state index contributed by atoms with van der Waals surface area (Å²) in [4.78, 5) is 13.6.